The molecule has 4 heterocycles. The standard InChI is InChI=1S/C16H23N7/c1-12-6-18-16(19-7-12)22-4-3-15-13(8-22)5-14(21(15)2)9-23-11-17-10-20-23/h6-7,10-11,13-15H,3-5,8-9H2,1-2H3/t13-,14+,15+/m1/s1. The molecule has 2 aliphatic rings. The molecule has 7 nitrogen and oxygen atoms in total. The lowest BCUT2D eigenvalue weighted by molar-refractivity contribution is 0.188. The summed E-state index contributed by atoms with van der Waals surface area (Å²) in [7, 11) is 2.25. The first-order valence-corrected chi connectivity index (χ1v) is 8.28. The van der Waals surface area contributed by atoms with E-state index in [1.807, 2.05) is 30.3 Å². The van der Waals surface area contributed by atoms with Crippen LogP contribution in [0.4, 0.5) is 5.95 Å². The molecule has 0 N–H and O–H groups in total. The van der Waals surface area contributed by atoms with Gasteiger partial charge in [-0.2, -0.15) is 5.10 Å². The highest BCUT2D eigenvalue weighted by Gasteiger charge is 2.42. The molecule has 3 atom stereocenters. The predicted octanol–water partition coefficient (Wildman–Crippen LogP) is 0.976. The van der Waals surface area contributed by atoms with Crippen molar-refractivity contribution >= 4 is 5.95 Å². The van der Waals surface area contributed by atoms with Crippen molar-refractivity contribution in [1.29, 1.82) is 0 Å². The van der Waals surface area contributed by atoms with Crippen LogP contribution < -0.4 is 4.90 Å². The lowest BCUT2D eigenvalue weighted by atomic mass is 9.92. The smallest absolute Gasteiger partial charge is 0.225 e. The third-order valence-electron chi connectivity index (χ3n) is 5.28. The van der Waals surface area contributed by atoms with Crippen molar-refractivity contribution in [3.8, 4) is 0 Å². The second-order valence-corrected chi connectivity index (χ2v) is 6.80. The molecule has 2 aromatic heterocycles. The summed E-state index contributed by atoms with van der Waals surface area (Å²) >= 11 is 0. The summed E-state index contributed by atoms with van der Waals surface area (Å²) in [5, 5.41) is 4.25. The summed E-state index contributed by atoms with van der Waals surface area (Å²) in [4.78, 5) is 17.9. The van der Waals surface area contributed by atoms with Gasteiger partial charge in [-0.05, 0) is 38.3 Å². The van der Waals surface area contributed by atoms with Crippen LogP contribution in [0.1, 0.15) is 18.4 Å². The van der Waals surface area contributed by atoms with Crippen molar-refractivity contribution < 1.29 is 0 Å². The Hall–Kier alpha value is -2.02. The molecular weight excluding hydrogens is 290 g/mol. The van der Waals surface area contributed by atoms with Crippen LogP contribution in [0.2, 0.25) is 0 Å². The molecule has 4 rings (SSSR count). The number of likely N-dealkylation sites (N-methyl/N-ethyl adjacent to an activating group) is 1. The summed E-state index contributed by atoms with van der Waals surface area (Å²) in [5.41, 5.74) is 1.11. The van der Waals surface area contributed by atoms with Gasteiger partial charge in [0.2, 0.25) is 5.95 Å². The third-order valence-corrected chi connectivity index (χ3v) is 5.28. The highest BCUT2D eigenvalue weighted by Crippen LogP contribution is 2.35. The molecule has 0 aromatic carbocycles. The number of fused-ring (bicyclic) bond motifs is 1. The van der Waals surface area contributed by atoms with Gasteiger partial charge in [-0.3, -0.25) is 9.58 Å². The fourth-order valence-electron chi connectivity index (χ4n) is 4.05. The van der Waals surface area contributed by atoms with Crippen LogP contribution in [-0.2, 0) is 6.54 Å². The molecular formula is C16H23N7. The number of piperidine rings is 1. The molecule has 0 radical (unpaired) electrons. The van der Waals surface area contributed by atoms with Crippen LogP contribution in [0.15, 0.2) is 25.0 Å². The fraction of sp³-hybridized carbons (Fsp3) is 0.625. The third kappa shape index (κ3) is 2.81. The Morgan fingerprint density at radius 3 is 2.83 bits per heavy atom. The topological polar surface area (TPSA) is 63.0 Å². The second kappa shape index (κ2) is 5.88. The van der Waals surface area contributed by atoms with Crippen LogP contribution in [-0.4, -0.2) is 61.9 Å². The number of hydrogen-bond acceptors (Lipinski definition) is 6. The van der Waals surface area contributed by atoms with Crippen molar-refractivity contribution in [1.82, 2.24) is 29.6 Å². The zero-order valence-electron chi connectivity index (χ0n) is 13.7. The average Bonchev–Trinajstić information content (AvgIpc) is 3.17. The van der Waals surface area contributed by atoms with Crippen LogP contribution >= 0.6 is 0 Å². The maximum atomic E-state index is 4.49. The molecule has 2 aromatic rings. The van der Waals surface area contributed by atoms with Gasteiger partial charge in [0.25, 0.3) is 0 Å². The van der Waals surface area contributed by atoms with E-state index in [2.05, 4.69) is 36.9 Å². The van der Waals surface area contributed by atoms with Crippen LogP contribution in [0, 0.1) is 12.8 Å². The van der Waals surface area contributed by atoms with Gasteiger partial charge in [-0.25, -0.2) is 15.0 Å². The van der Waals surface area contributed by atoms with Gasteiger partial charge in [0, 0.05) is 37.6 Å². The molecule has 0 aliphatic carbocycles. The van der Waals surface area contributed by atoms with Gasteiger partial charge in [0.1, 0.15) is 12.7 Å². The first-order valence-electron chi connectivity index (χ1n) is 8.28. The zero-order chi connectivity index (χ0) is 15.8. The van der Waals surface area contributed by atoms with E-state index < -0.39 is 0 Å². The van der Waals surface area contributed by atoms with E-state index in [1.54, 1.807) is 6.33 Å². The maximum Gasteiger partial charge on any atom is 0.225 e. The quantitative estimate of drug-likeness (QED) is 0.841. The van der Waals surface area contributed by atoms with E-state index in [0.29, 0.717) is 18.0 Å². The molecule has 0 unspecified atom stereocenters. The molecule has 2 aliphatic heterocycles. The first kappa shape index (κ1) is 14.6. The SMILES string of the molecule is Cc1cnc(N2CC[C@H]3[C@H](C[C@@H](Cn4cncn4)N3C)C2)nc1. The van der Waals surface area contributed by atoms with Crippen molar-refractivity contribution in [2.75, 3.05) is 25.0 Å². The molecule has 0 saturated carbocycles. The van der Waals surface area contributed by atoms with Crippen molar-refractivity contribution in [3.05, 3.63) is 30.6 Å². The van der Waals surface area contributed by atoms with Gasteiger partial charge < -0.3 is 4.90 Å². The monoisotopic (exact) mass is 313 g/mol. The molecule has 0 bridgehead atoms. The minimum atomic E-state index is 0.533. The lowest BCUT2D eigenvalue weighted by Crippen LogP contribution is -2.46. The summed E-state index contributed by atoms with van der Waals surface area (Å²) < 4.78 is 1.94. The van der Waals surface area contributed by atoms with Crippen LogP contribution in [0.5, 0.6) is 0 Å². The normalized spacial score (nSPS) is 28.1. The molecule has 7 heteroatoms. The second-order valence-electron chi connectivity index (χ2n) is 6.80. The fourth-order valence-corrected chi connectivity index (χ4v) is 4.05. The van der Waals surface area contributed by atoms with Crippen molar-refractivity contribution in [2.45, 2.75) is 38.4 Å². The molecule has 23 heavy (non-hydrogen) atoms. The highest BCUT2D eigenvalue weighted by molar-refractivity contribution is 5.31. The van der Waals surface area contributed by atoms with E-state index in [4.69, 9.17) is 0 Å². The van der Waals surface area contributed by atoms with E-state index in [-0.39, 0.29) is 0 Å². The van der Waals surface area contributed by atoms with Crippen molar-refractivity contribution in [2.24, 2.45) is 5.92 Å². The highest BCUT2D eigenvalue weighted by atomic mass is 15.3. The predicted molar refractivity (Wildman–Crippen MR) is 87.1 cm³/mol. The van der Waals surface area contributed by atoms with Crippen molar-refractivity contribution in [3.63, 3.8) is 0 Å². The molecule has 0 amide bonds. The molecule has 2 saturated heterocycles. The number of likely N-dealkylation sites (tertiary alicyclic amines) is 1. The van der Waals surface area contributed by atoms with Gasteiger partial charge in [0.05, 0.1) is 6.54 Å². The Kier molecular flexibility index (Phi) is 3.72. The van der Waals surface area contributed by atoms with Crippen LogP contribution in [0.25, 0.3) is 0 Å². The van der Waals surface area contributed by atoms with E-state index in [1.165, 1.54) is 12.8 Å². The maximum absolute atomic E-state index is 4.49. The van der Waals surface area contributed by atoms with E-state index in [0.717, 1.165) is 31.1 Å². The van der Waals surface area contributed by atoms with Gasteiger partial charge >= 0.3 is 0 Å². The number of nitrogens with zero attached hydrogens (tertiary/aromatic N) is 7. The first-order chi connectivity index (χ1) is 11.2. The molecule has 122 valence electrons. The Bertz CT molecular complexity index is 639. The lowest BCUT2D eigenvalue weighted by Gasteiger charge is -2.37. The Morgan fingerprint density at radius 2 is 2.09 bits per heavy atom. The summed E-state index contributed by atoms with van der Waals surface area (Å²) in [6, 6.07) is 1.19. The number of aromatic nitrogens is 5. The van der Waals surface area contributed by atoms with E-state index in [9.17, 15) is 0 Å². The number of aryl methyl sites for hydroxylation is 1. The minimum Gasteiger partial charge on any atom is -0.340 e. The van der Waals surface area contributed by atoms with Crippen LogP contribution in [0.3, 0.4) is 0 Å². The number of anilines is 1. The van der Waals surface area contributed by atoms with Gasteiger partial charge in [0.15, 0.2) is 0 Å². The summed E-state index contributed by atoms with van der Waals surface area (Å²) in [6.07, 6.45) is 9.60. The largest absolute Gasteiger partial charge is 0.340 e. The number of rotatable bonds is 3. The summed E-state index contributed by atoms with van der Waals surface area (Å²) in [6.45, 7) is 5.03. The minimum absolute atomic E-state index is 0.533. The average molecular weight is 313 g/mol. The van der Waals surface area contributed by atoms with Gasteiger partial charge in [-0.1, -0.05) is 0 Å². The van der Waals surface area contributed by atoms with Gasteiger partial charge in [-0.15, -0.1) is 0 Å². The number of hydrogen-bond donors (Lipinski definition) is 0. The summed E-state index contributed by atoms with van der Waals surface area (Å²) in [5.74, 6) is 1.55. The Labute approximate surface area is 136 Å². The molecule has 0 spiro atoms. The Balaban J connectivity index is 1.44. The zero-order valence-corrected chi connectivity index (χ0v) is 13.7. The molecule has 2 fully saturated rings. The Morgan fingerprint density at radius 1 is 1.26 bits per heavy atom. The van der Waals surface area contributed by atoms with E-state index >= 15 is 0 Å².